The van der Waals surface area contributed by atoms with E-state index in [9.17, 15) is 8.42 Å². The van der Waals surface area contributed by atoms with Crippen molar-refractivity contribution >= 4 is 10.0 Å². The van der Waals surface area contributed by atoms with E-state index in [-0.39, 0.29) is 17.4 Å². The minimum atomic E-state index is -3.59. The highest BCUT2D eigenvalue weighted by atomic mass is 32.2. The van der Waals surface area contributed by atoms with Gasteiger partial charge in [0.05, 0.1) is 12.0 Å². The summed E-state index contributed by atoms with van der Waals surface area (Å²) in [6.07, 6.45) is 0. The molecule has 3 N–H and O–H groups in total. The molecule has 1 rings (SSSR count). The summed E-state index contributed by atoms with van der Waals surface area (Å²) in [7, 11) is -2.05. The van der Waals surface area contributed by atoms with Gasteiger partial charge in [-0.05, 0) is 37.1 Å². The maximum absolute atomic E-state index is 12.3. The third kappa shape index (κ3) is 3.68. The van der Waals surface area contributed by atoms with E-state index >= 15 is 0 Å². The fourth-order valence-electron chi connectivity index (χ4n) is 1.52. The van der Waals surface area contributed by atoms with Gasteiger partial charge < -0.3 is 10.5 Å². The van der Waals surface area contributed by atoms with Crippen molar-refractivity contribution in [2.45, 2.75) is 31.2 Å². The van der Waals surface area contributed by atoms with E-state index in [0.29, 0.717) is 5.75 Å². The van der Waals surface area contributed by atoms with Gasteiger partial charge in [-0.25, -0.2) is 13.1 Å². The fourth-order valence-corrected chi connectivity index (χ4v) is 3.06. The first-order valence-electron chi connectivity index (χ1n) is 6.13. The largest absolute Gasteiger partial charge is 0.497 e. The molecule has 5 nitrogen and oxygen atoms in total. The Morgan fingerprint density at radius 2 is 1.84 bits per heavy atom. The number of nitrogens with two attached hydrogens (primary N) is 1. The number of hydrogen-bond donors (Lipinski definition) is 2. The Hall–Kier alpha value is -1.11. The number of ether oxygens (including phenoxy) is 1. The van der Waals surface area contributed by atoms with Crippen LogP contribution in [0.25, 0.3) is 0 Å². The maximum Gasteiger partial charge on any atom is 0.241 e. The van der Waals surface area contributed by atoms with E-state index in [1.165, 1.54) is 19.2 Å². The zero-order valence-corrected chi connectivity index (χ0v) is 12.6. The van der Waals surface area contributed by atoms with E-state index in [4.69, 9.17) is 10.5 Å². The van der Waals surface area contributed by atoms with Crippen LogP contribution >= 0.6 is 0 Å². The van der Waals surface area contributed by atoms with Gasteiger partial charge in [-0.2, -0.15) is 0 Å². The Morgan fingerprint density at radius 1 is 1.32 bits per heavy atom. The third-order valence-electron chi connectivity index (χ3n) is 3.44. The third-order valence-corrected chi connectivity index (χ3v) is 5.06. The van der Waals surface area contributed by atoms with Gasteiger partial charge in [0, 0.05) is 12.1 Å². The van der Waals surface area contributed by atoms with Crippen LogP contribution < -0.4 is 15.2 Å². The second kappa shape index (κ2) is 5.90. The van der Waals surface area contributed by atoms with Crippen molar-refractivity contribution in [1.82, 2.24) is 4.72 Å². The van der Waals surface area contributed by atoms with Gasteiger partial charge in [0.25, 0.3) is 0 Å². The number of methoxy groups -OCH3 is 1. The highest BCUT2D eigenvalue weighted by molar-refractivity contribution is 7.89. The molecule has 1 atom stereocenters. The van der Waals surface area contributed by atoms with Crippen LogP contribution in [0.15, 0.2) is 29.2 Å². The average Bonchev–Trinajstić information content (AvgIpc) is 2.38. The van der Waals surface area contributed by atoms with Crippen molar-refractivity contribution < 1.29 is 13.2 Å². The molecule has 0 bridgehead atoms. The van der Waals surface area contributed by atoms with Crippen LogP contribution in [-0.4, -0.2) is 27.6 Å². The molecule has 0 spiro atoms. The van der Waals surface area contributed by atoms with Crippen LogP contribution in [0.1, 0.15) is 20.8 Å². The SMILES string of the molecule is COc1ccc(S(=O)(=O)NC(C)(CN)C(C)C)cc1. The fraction of sp³-hybridized carbons (Fsp3) is 0.538. The summed E-state index contributed by atoms with van der Waals surface area (Å²) in [5, 5.41) is 0. The van der Waals surface area contributed by atoms with Gasteiger partial charge in [-0.3, -0.25) is 0 Å². The molecule has 0 fully saturated rings. The molecule has 0 saturated carbocycles. The van der Waals surface area contributed by atoms with E-state index in [2.05, 4.69) is 4.72 Å². The Labute approximate surface area is 115 Å². The zero-order chi connectivity index (χ0) is 14.7. The van der Waals surface area contributed by atoms with E-state index < -0.39 is 15.6 Å². The van der Waals surface area contributed by atoms with Crippen molar-refractivity contribution in [3.05, 3.63) is 24.3 Å². The van der Waals surface area contributed by atoms with Gasteiger partial charge in [0.1, 0.15) is 5.75 Å². The number of nitrogens with one attached hydrogen (secondary N) is 1. The standard InChI is InChI=1S/C13H22N2O3S/c1-10(2)13(3,9-14)15-19(16,17)12-7-5-11(18-4)6-8-12/h5-8,10,15H,9,14H2,1-4H3. The minimum absolute atomic E-state index is 0.0884. The number of benzene rings is 1. The lowest BCUT2D eigenvalue weighted by Gasteiger charge is -2.33. The quantitative estimate of drug-likeness (QED) is 0.827. The highest BCUT2D eigenvalue weighted by Gasteiger charge is 2.32. The lowest BCUT2D eigenvalue weighted by molar-refractivity contribution is 0.315. The summed E-state index contributed by atoms with van der Waals surface area (Å²) in [4.78, 5) is 0.202. The Bertz CT molecular complexity index is 511. The molecule has 19 heavy (non-hydrogen) atoms. The molecule has 0 aliphatic rings. The van der Waals surface area contributed by atoms with Crippen LogP contribution in [-0.2, 0) is 10.0 Å². The molecule has 0 saturated heterocycles. The van der Waals surface area contributed by atoms with Crippen LogP contribution in [0.4, 0.5) is 0 Å². The Balaban J connectivity index is 3.03. The molecule has 1 aromatic rings. The first kappa shape index (κ1) is 15.9. The second-order valence-corrected chi connectivity index (χ2v) is 6.74. The molecule has 0 radical (unpaired) electrons. The summed E-state index contributed by atoms with van der Waals surface area (Å²) in [6, 6.07) is 6.25. The summed E-state index contributed by atoms with van der Waals surface area (Å²) >= 11 is 0. The maximum atomic E-state index is 12.3. The first-order chi connectivity index (χ1) is 8.75. The Kier molecular flexibility index (Phi) is 4.95. The monoisotopic (exact) mass is 286 g/mol. The average molecular weight is 286 g/mol. The number of hydrogen-bond acceptors (Lipinski definition) is 4. The van der Waals surface area contributed by atoms with E-state index in [0.717, 1.165) is 0 Å². The normalized spacial score (nSPS) is 15.3. The molecule has 1 unspecified atom stereocenters. The van der Waals surface area contributed by atoms with Gasteiger partial charge in [0.2, 0.25) is 10.0 Å². The lowest BCUT2D eigenvalue weighted by Crippen LogP contribution is -2.54. The molecule has 0 amide bonds. The molecule has 1 aromatic carbocycles. The van der Waals surface area contributed by atoms with Gasteiger partial charge in [-0.15, -0.1) is 0 Å². The molecule has 0 aliphatic carbocycles. The molecule has 6 heteroatoms. The van der Waals surface area contributed by atoms with Crippen molar-refractivity contribution in [3.8, 4) is 5.75 Å². The van der Waals surface area contributed by atoms with Crippen molar-refractivity contribution in [3.63, 3.8) is 0 Å². The summed E-state index contributed by atoms with van der Waals surface area (Å²) in [5.74, 6) is 0.704. The van der Waals surface area contributed by atoms with Crippen LogP contribution in [0.2, 0.25) is 0 Å². The summed E-state index contributed by atoms with van der Waals surface area (Å²) in [6.45, 7) is 5.91. The summed E-state index contributed by atoms with van der Waals surface area (Å²) < 4.78 is 32.3. The smallest absolute Gasteiger partial charge is 0.241 e. The van der Waals surface area contributed by atoms with Crippen LogP contribution in [0, 0.1) is 5.92 Å². The van der Waals surface area contributed by atoms with Gasteiger partial charge in [-0.1, -0.05) is 13.8 Å². The molecule has 0 heterocycles. The molecular formula is C13H22N2O3S. The van der Waals surface area contributed by atoms with Crippen LogP contribution in [0.3, 0.4) is 0 Å². The van der Waals surface area contributed by atoms with Gasteiger partial charge in [0.15, 0.2) is 0 Å². The van der Waals surface area contributed by atoms with Crippen molar-refractivity contribution in [1.29, 1.82) is 0 Å². The summed E-state index contributed by atoms with van der Waals surface area (Å²) in [5.41, 5.74) is 5.02. The lowest BCUT2D eigenvalue weighted by atomic mass is 9.90. The molecule has 108 valence electrons. The van der Waals surface area contributed by atoms with Crippen molar-refractivity contribution in [2.24, 2.45) is 11.7 Å². The van der Waals surface area contributed by atoms with E-state index in [1.807, 2.05) is 13.8 Å². The van der Waals surface area contributed by atoms with E-state index in [1.54, 1.807) is 19.1 Å². The molecule has 0 aliphatic heterocycles. The number of sulfonamides is 1. The highest BCUT2D eigenvalue weighted by Crippen LogP contribution is 2.21. The van der Waals surface area contributed by atoms with Gasteiger partial charge >= 0.3 is 0 Å². The predicted molar refractivity (Wildman–Crippen MR) is 75.6 cm³/mol. The number of rotatable bonds is 6. The predicted octanol–water partition coefficient (Wildman–Crippen LogP) is 1.35. The van der Waals surface area contributed by atoms with Crippen molar-refractivity contribution in [2.75, 3.05) is 13.7 Å². The van der Waals surface area contributed by atoms with Crippen LogP contribution in [0.5, 0.6) is 5.75 Å². The Morgan fingerprint density at radius 3 is 2.21 bits per heavy atom. The minimum Gasteiger partial charge on any atom is -0.497 e. The molecular weight excluding hydrogens is 264 g/mol. The second-order valence-electron chi connectivity index (χ2n) is 5.06. The zero-order valence-electron chi connectivity index (χ0n) is 11.8. The molecule has 0 aromatic heterocycles. The first-order valence-corrected chi connectivity index (χ1v) is 7.61. The topological polar surface area (TPSA) is 81.4 Å².